The molecule has 1 fully saturated rings. The molecule has 0 bridgehead atoms. The fraction of sp³-hybridized carbons (Fsp3) is 0.421. The molecular formula is C19H22N4O. The Morgan fingerprint density at radius 2 is 2.12 bits per heavy atom. The summed E-state index contributed by atoms with van der Waals surface area (Å²) < 4.78 is 0. The van der Waals surface area contributed by atoms with Gasteiger partial charge in [0.15, 0.2) is 0 Å². The summed E-state index contributed by atoms with van der Waals surface area (Å²) >= 11 is 0. The van der Waals surface area contributed by atoms with E-state index in [2.05, 4.69) is 21.4 Å². The number of nitrogens with one attached hydrogen (secondary N) is 1. The molecule has 2 aromatic rings. The van der Waals surface area contributed by atoms with E-state index < -0.39 is 0 Å². The van der Waals surface area contributed by atoms with Crippen molar-refractivity contribution in [3.63, 3.8) is 0 Å². The van der Waals surface area contributed by atoms with E-state index in [-0.39, 0.29) is 5.91 Å². The molecule has 1 saturated heterocycles. The molecule has 0 saturated carbocycles. The molecule has 4 heterocycles. The fourth-order valence-electron chi connectivity index (χ4n) is 3.67. The van der Waals surface area contributed by atoms with Gasteiger partial charge in [0.25, 0.3) is 5.91 Å². The fourth-order valence-corrected chi connectivity index (χ4v) is 3.67. The van der Waals surface area contributed by atoms with Crippen molar-refractivity contribution in [2.75, 3.05) is 13.1 Å². The quantitative estimate of drug-likeness (QED) is 0.940. The number of aromatic nitrogens is 2. The van der Waals surface area contributed by atoms with Gasteiger partial charge in [0.1, 0.15) is 0 Å². The third-order valence-electron chi connectivity index (χ3n) is 4.96. The van der Waals surface area contributed by atoms with Crippen molar-refractivity contribution in [3.8, 4) is 0 Å². The van der Waals surface area contributed by atoms with Crippen LogP contribution < -0.4 is 5.32 Å². The van der Waals surface area contributed by atoms with E-state index >= 15 is 0 Å². The van der Waals surface area contributed by atoms with E-state index in [1.807, 2.05) is 30.3 Å². The molecule has 5 heteroatoms. The van der Waals surface area contributed by atoms with Gasteiger partial charge in [-0.3, -0.25) is 14.8 Å². The molecular weight excluding hydrogens is 300 g/mol. The van der Waals surface area contributed by atoms with Gasteiger partial charge in [-0.2, -0.15) is 0 Å². The Labute approximate surface area is 142 Å². The first-order valence-electron chi connectivity index (χ1n) is 8.57. The third kappa shape index (κ3) is 3.04. The van der Waals surface area contributed by atoms with Gasteiger partial charge in [-0.05, 0) is 67.6 Å². The zero-order valence-corrected chi connectivity index (χ0v) is 14.0. The molecule has 2 aliphatic rings. The predicted octanol–water partition coefficient (Wildman–Crippen LogP) is 2.09. The van der Waals surface area contributed by atoms with Crippen molar-refractivity contribution in [2.45, 2.75) is 32.9 Å². The Kier molecular flexibility index (Phi) is 4.02. The van der Waals surface area contributed by atoms with Gasteiger partial charge in [0.2, 0.25) is 0 Å². The van der Waals surface area contributed by atoms with Crippen LogP contribution in [-0.2, 0) is 19.5 Å². The number of nitrogens with zero attached hydrogens (tertiary/aromatic N) is 3. The van der Waals surface area contributed by atoms with Gasteiger partial charge < -0.3 is 10.2 Å². The molecule has 2 aliphatic heterocycles. The number of hydrogen-bond donors (Lipinski definition) is 1. The van der Waals surface area contributed by atoms with Crippen molar-refractivity contribution < 1.29 is 4.79 Å². The van der Waals surface area contributed by atoms with E-state index in [0.717, 1.165) is 36.3 Å². The Morgan fingerprint density at radius 3 is 2.96 bits per heavy atom. The summed E-state index contributed by atoms with van der Waals surface area (Å²) in [5, 5.41) is 3.39. The number of rotatable bonds is 3. The number of aryl methyl sites for hydroxylation is 1. The lowest BCUT2D eigenvalue weighted by Crippen LogP contribution is -2.25. The summed E-state index contributed by atoms with van der Waals surface area (Å²) in [6.07, 6.45) is 7.66. The average Bonchev–Trinajstić information content (AvgIpc) is 3.23. The summed E-state index contributed by atoms with van der Waals surface area (Å²) in [5.41, 5.74) is 5.20. The largest absolute Gasteiger partial charge is 0.330 e. The average molecular weight is 322 g/mol. The summed E-state index contributed by atoms with van der Waals surface area (Å²) in [4.78, 5) is 23.4. The first kappa shape index (κ1) is 15.3. The number of pyridine rings is 2. The van der Waals surface area contributed by atoms with Gasteiger partial charge in [-0.15, -0.1) is 0 Å². The van der Waals surface area contributed by atoms with Gasteiger partial charge in [-0.25, -0.2) is 0 Å². The number of fused-ring (bicyclic) bond motifs is 1. The van der Waals surface area contributed by atoms with Crippen molar-refractivity contribution in [1.82, 2.24) is 20.2 Å². The summed E-state index contributed by atoms with van der Waals surface area (Å²) in [6.45, 7) is 5.44. The second kappa shape index (κ2) is 6.32. The Hall–Kier alpha value is -2.27. The first-order chi connectivity index (χ1) is 11.7. The topological polar surface area (TPSA) is 58.1 Å². The van der Waals surface area contributed by atoms with Crippen LogP contribution >= 0.6 is 0 Å². The standard InChI is InChI=1S/C19H22N4O/c1-13-4-17-11-23(12-18(17)10-22-13)19(24)16-6-15(8-21-9-16)5-14-2-3-20-7-14/h4,6,8-10,14,20H,2-3,5,7,11-12H2,1H3. The van der Waals surface area contributed by atoms with Crippen molar-refractivity contribution in [2.24, 2.45) is 5.92 Å². The maximum Gasteiger partial charge on any atom is 0.256 e. The highest BCUT2D eigenvalue weighted by molar-refractivity contribution is 5.94. The van der Waals surface area contributed by atoms with E-state index in [4.69, 9.17) is 0 Å². The predicted molar refractivity (Wildman–Crippen MR) is 91.5 cm³/mol. The van der Waals surface area contributed by atoms with E-state index in [0.29, 0.717) is 24.6 Å². The van der Waals surface area contributed by atoms with Crippen molar-refractivity contribution in [1.29, 1.82) is 0 Å². The maximum absolute atomic E-state index is 12.8. The highest BCUT2D eigenvalue weighted by Crippen LogP contribution is 2.24. The van der Waals surface area contributed by atoms with E-state index in [9.17, 15) is 4.79 Å². The Bertz CT molecular complexity index is 768. The minimum atomic E-state index is 0.0581. The lowest BCUT2D eigenvalue weighted by atomic mass is 9.99. The maximum atomic E-state index is 12.8. The highest BCUT2D eigenvalue weighted by Gasteiger charge is 2.25. The third-order valence-corrected chi connectivity index (χ3v) is 4.96. The van der Waals surface area contributed by atoms with Crippen LogP contribution in [-0.4, -0.2) is 33.9 Å². The van der Waals surface area contributed by atoms with Crippen LogP contribution in [0.4, 0.5) is 0 Å². The molecule has 0 aliphatic carbocycles. The van der Waals surface area contributed by atoms with E-state index in [1.165, 1.54) is 12.0 Å². The van der Waals surface area contributed by atoms with Crippen LogP contribution in [0.1, 0.15) is 39.2 Å². The van der Waals surface area contributed by atoms with Crippen LogP contribution in [0.25, 0.3) is 0 Å². The molecule has 5 nitrogen and oxygen atoms in total. The monoisotopic (exact) mass is 322 g/mol. The molecule has 124 valence electrons. The molecule has 1 unspecified atom stereocenters. The molecule has 1 atom stereocenters. The molecule has 0 radical (unpaired) electrons. The minimum Gasteiger partial charge on any atom is -0.330 e. The Balaban J connectivity index is 1.49. The molecule has 0 spiro atoms. The number of carbonyl (C=O) groups excluding carboxylic acids is 1. The second-order valence-electron chi connectivity index (χ2n) is 6.90. The van der Waals surface area contributed by atoms with E-state index in [1.54, 1.807) is 6.20 Å². The van der Waals surface area contributed by atoms with Crippen LogP contribution in [0, 0.1) is 12.8 Å². The van der Waals surface area contributed by atoms with Gasteiger partial charge in [0, 0.05) is 37.4 Å². The molecule has 24 heavy (non-hydrogen) atoms. The summed E-state index contributed by atoms with van der Waals surface area (Å²) in [6, 6.07) is 4.09. The van der Waals surface area contributed by atoms with Crippen LogP contribution in [0.5, 0.6) is 0 Å². The number of hydrogen-bond acceptors (Lipinski definition) is 4. The summed E-state index contributed by atoms with van der Waals surface area (Å²) in [7, 11) is 0. The number of amides is 1. The van der Waals surface area contributed by atoms with Gasteiger partial charge in [0.05, 0.1) is 5.56 Å². The first-order valence-corrected chi connectivity index (χ1v) is 8.57. The second-order valence-corrected chi connectivity index (χ2v) is 6.90. The van der Waals surface area contributed by atoms with Gasteiger partial charge in [-0.1, -0.05) is 0 Å². The zero-order valence-electron chi connectivity index (χ0n) is 14.0. The van der Waals surface area contributed by atoms with Crippen molar-refractivity contribution in [3.05, 3.63) is 58.7 Å². The highest BCUT2D eigenvalue weighted by atomic mass is 16.2. The molecule has 4 rings (SSSR count). The SMILES string of the molecule is Cc1cc2c(cn1)CN(C(=O)c1cncc(CC3CCNC3)c1)C2. The molecule has 1 N–H and O–H groups in total. The van der Waals surface area contributed by atoms with Crippen LogP contribution in [0.2, 0.25) is 0 Å². The van der Waals surface area contributed by atoms with Crippen LogP contribution in [0.3, 0.4) is 0 Å². The molecule has 2 aromatic heterocycles. The van der Waals surface area contributed by atoms with Crippen molar-refractivity contribution >= 4 is 5.91 Å². The normalized spacial score (nSPS) is 19.5. The summed E-state index contributed by atoms with van der Waals surface area (Å²) in [5.74, 6) is 0.713. The zero-order chi connectivity index (χ0) is 16.5. The van der Waals surface area contributed by atoms with Crippen LogP contribution in [0.15, 0.2) is 30.7 Å². The smallest absolute Gasteiger partial charge is 0.256 e. The molecule has 1 amide bonds. The Morgan fingerprint density at radius 1 is 1.25 bits per heavy atom. The lowest BCUT2D eigenvalue weighted by molar-refractivity contribution is 0.0751. The lowest BCUT2D eigenvalue weighted by Gasteiger charge is -2.16. The van der Waals surface area contributed by atoms with Gasteiger partial charge >= 0.3 is 0 Å². The minimum absolute atomic E-state index is 0.0581. The number of carbonyl (C=O) groups is 1. The molecule has 0 aromatic carbocycles.